The van der Waals surface area contributed by atoms with Crippen molar-refractivity contribution in [3.05, 3.63) is 35.9 Å². The van der Waals surface area contributed by atoms with Gasteiger partial charge in [0.25, 0.3) is 5.91 Å². The Hall–Kier alpha value is -1.88. The first-order valence-electron chi connectivity index (χ1n) is 4.85. The fourth-order valence-corrected chi connectivity index (χ4v) is 1.71. The highest BCUT2D eigenvalue weighted by molar-refractivity contribution is 5.89. The molecule has 1 heterocycles. The minimum Gasteiger partial charge on any atom is -0.450 e. The number of hydrogen-bond donors (Lipinski definition) is 1. The van der Waals surface area contributed by atoms with Crippen LogP contribution in [0.15, 0.2) is 30.3 Å². The lowest BCUT2D eigenvalue weighted by Crippen LogP contribution is -2.58. The molecule has 2 rings (SSSR count). The third-order valence-electron chi connectivity index (χ3n) is 2.45. The molecule has 0 saturated carbocycles. The van der Waals surface area contributed by atoms with Crippen LogP contribution < -0.4 is 0 Å². The van der Waals surface area contributed by atoms with Crippen LogP contribution in [-0.2, 0) is 14.3 Å². The van der Waals surface area contributed by atoms with E-state index in [4.69, 9.17) is 4.74 Å². The Balaban J connectivity index is 2.20. The Labute approximate surface area is 92.2 Å². The summed E-state index contributed by atoms with van der Waals surface area (Å²) in [5.74, 6) is -1.13. The van der Waals surface area contributed by atoms with Gasteiger partial charge in [0.2, 0.25) is 6.10 Å². The fourth-order valence-electron chi connectivity index (χ4n) is 1.71. The van der Waals surface area contributed by atoms with Gasteiger partial charge in [0.1, 0.15) is 6.04 Å². The van der Waals surface area contributed by atoms with Crippen molar-refractivity contribution in [1.82, 2.24) is 5.06 Å². The zero-order valence-electron chi connectivity index (χ0n) is 8.66. The molecule has 2 atom stereocenters. The molecule has 1 aliphatic rings. The number of hydrogen-bond acceptors (Lipinski definition) is 4. The average Bonchev–Trinajstić information content (AvgIpc) is 2.29. The van der Waals surface area contributed by atoms with Crippen molar-refractivity contribution in [2.45, 2.75) is 19.1 Å². The maximum Gasteiger partial charge on any atom is 0.303 e. The Morgan fingerprint density at radius 1 is 1.38 bits per heavy atom. The minimum atomic E-state index is -0.912. The Bertz CT molecular complexity index is 417. The van der Waals surface area contributed by atoms with Crippen LogP contribution in [0.4, 0.5) is 0 Å². The second kappa shape index (κ2) is 3.94. The van der Waals surface area contributed by atoms with Gasteiger partial charge < -0.3 is 4.74 Å². The number of carbonyl (C=O) groups is 2. The van der Waals surface area contributed by atoms with Gasteiger partial charge in [-0.05, 0) is 5.56 Å². The summed E-state index contributed by atoms with van der Waals surface area (Å²) < 4.78 is 4.85. The van der Waals surface area contributed by atoms with Gasteiger partial charge in [-0.1, -0.05) is 30.3 Å². The largest absolute Gasteiger partial charge is 0.450 e. The van der Waals surface area contributed by atoms with Gasteiger partial charge in [-0.15, -0.1) is 0 Å². The van der Waals surface area contributed by atoms with E-state index >= 15 is 0 Å². The summed E-state index contributed by atoms with van der Waals surface area (Å²) in [6.45, 7) is 1.23. The lowest BCUT2D eigenvalue weighted by atomic mass is 9.93. The van der Waals surface area contributed by atoms with Gasteiger partial charge >= 0.3 is 5.97 Å². The third-order valence-corrected chi connectivity index (χ3v) is 2.45. The second-order valence-electron chi connectivity index (χ2n) is 3.57. The highest BCUT2D eigenvalue weighted by atomic mass is 16.6. The SMILES string of the molecule is CC(=O)OC1C(=O)N(O)C1c1ccccc1. The Morgan fingerprint density at radius 2 is 2.00 bits per heavy atom. The molecule has 5 heteroatoms. The van der Waals surface area contributed by atoms with Gasteiger partial charge in [0.05, 0.1) is 0 Å². The van der Waals surface area contributed by atoms with Crippen LogP contribution in [0.25, 0.3) is 0 Å². The van der Waals surface area contributed by atoms with Crippen LogP contribution >= 0.6 is 0 Å². The standard InChI is InChI=1S/C11H11NO4/c1-7(13)16-10-9(12(15)11(10)14)8-5-3-2-4-6-8/h2-6,9-10,15H,1H3. The number of β-lactam (4-membered cyclic amide) rings is 1. The molecule has 1 N–H and O–H groups in total. The molecular weight excluding hydrogens is 210 g/mol. The summed E-state index contributed by atoms with van der Waals surface area (Å²) in [5.41, 5.74) is 0.732. The van der Waals surface area contributed by atoms with Crippen molar-refractivity contribution in [2.24, 2.45) is 0 Å². The molecule has 5 nitrogen and oxygen atoms in total. The van der Waals surface area contributed by atoms with E-state index in [-0.39, 0.29) is 0 Å². The molecule has 0 spiro atoms. The molecule has 0 bridgehead atoms. The van der Waals surface area contributed by atoms with Crippen LogP contribution in [-0.4, -0.2) is 28.3 Å². The van der Waals surface area contributed by atoms with Crippen molar-refractivity contribution in [3.8, 4) is 0 Å². The van der Waals surface area contributed by atoms with E-state index in [1.165, 1.54) is 6.92 Å². The molecule has 2 unspecified atom stereocenters. The number of esters is 1. The monoisotopic (exact) mass is 221 g/mol. The highest BCUT2D eigenvalue weighted by Gasteiger charge is 2.50. The first-order chi connectivity index (χ1) is 7.61. The first kappa shape index (κ1) is 10.6. The molecule has 1 aliphatic heterocycles. The lowest BCUT2D eigenvalue weighted by Gasteiger charge is -2.41. The van der Waals surface area contributed by atoms with Crippen LogP contribution in [0.2, 0.25) is 0 Å². The van der Waals surface area contributed by atoms with Crippen molar-refractivity contribution >= 4 is 11.9 Å². The number of hydroxylamine groups is 2. The molecule has 16 heavy (non-hydrogen) atoms. The van der Waals surface area contributed by atoms with E-state index in [1.54, 1.807) is 24.3 Å². The fraction of sp³-hybridized carbons (Fsp3) is 0.273. The van der Waals surface area contributed by atoms with E-state index in [0.717, 1.165) is 5.56 Å². The van der Waals surface area contributed by atoms with Gasteiger partial charge in [-0.2, -0.15) is 0 Å². The number of benzene rings is 1. The molecule has 0 radical (unpaired) electrons. The van der Waals surface area contributed by atoms with Gasteiger partial charge in [-0.3, -0.25) is 14.8 Å². The van der Waals surface area contributed by atoms with Gasteiger partial charge in [-0.25, -0.2) is 5.06 Å². The van der Waals surface area contributed by atoms with E-state index < -0.39 is 24.0 Å². The summed E-state index contributed by atoms with van der Waals surface area (Å²) in [6.07, 6.45) is -0.912. The number of carbonyl (C=O) groups excluding carboxylic acids is 2. The predicted molar refractivity (Wildman–Crippen MR) is 53.4 cm³/mol. The molecule has 1 aromatic carbocycles. The minimum absolute atomic E-state index is 0.535. The third kappa shape index (κ3) is 1.65. The molecule has 1 saturated heterocycles. The van der Waals surface area contributed by atoms with Crippen molar-refractivity contribution in [1.29, 1.82) is 0 Å². The van der Waals surface area contributed by atoms with Crippen LogP contribution in [0.3, 0.4) is 0 Å². The van der Waals surface area contributed by atoms with E-state index in [2.05, 4.69) is 0 Å². The zero-order valence-corrected chi connectivity index (χ0v) is 8.66. The molecule has 0 aromatic heterocycles. The number of rotatable bonds is 2. The van der Waals surface area contributed by atoms with Gasteiger partial charge in [0, 0.05) is 6.92 Å². The normalized spacial score (nSPS) is 23.9. The summed E-state index contributed by atoms with van der Waals surface area (Å²) in [6, 6.07) is 8.32. The van der Waals surface area contributed by atoms with Crippen LogP contribution in [0.5, 0.6) is 0 Å². The number of amides is 1. The number of nitrogens with zero attached hydrogens (tertiary/aromatic N) is 1. The highest BCUT2D eigenvalue weighted by Crippen LogP contribution is 2.35. The first-order valence-corrected chi connectivity index (χ1v) is 4.85. The van der Waals surface area contributed by atoms with Crippen LogP contribution in [0, 0.1) is 0 Å². The predicted octanol–water partition coefficient (Wildman–Crippen LogP) is 0.891. The molecule has 0 aliphatic carbocycles. The average molecular weight is 221 g/mol. The van der Waals surface area contributed by atoms with E-state index in [0.29, 0.717) is 5.06 Å². The van der Waals surface area contributed by atoms with Crippen molar-refractivity contribution in [3.63, 3.8) is 0 Å². The van der Waals surface area contributed by atoms with E-state index in [1.807, 2.05) is 6.07 Å². The van der Waals surface area contributed by atoms with Crippen molar-refractivity contribution < 1.29 is 19.5 Å². The van der Waals surface area contributed by atoms with Crippen LogP contribution in [0.1, 0.15) is 18.5 Å². The molecule has 84 valence electrons. The summed E-state index contributed by atoms with van der Waals surface area (Å²) in [5, 5.41) is 9.99. The summed E-state index contributed by atoms with van der Waals surface area (Å²) in [4.78, 5) is 22.1. The summed E-state index contributed by atoms with van der Waals surface area (Å²) >= 11 is 0. The topological polar surface area (TPSA) is 66.8 Å². The van der Waals surface area contributed by atoms with E-state index in [9.17, 15) is 14.8 Å². The quantitative estimate of drug-likeness (QED) is 0.457. The Morgan fingerprint density at radius 3 is 2.56 bits per heavy atom. The summed E-state index contributed by atoms with van der Waals surface area (Å²) in [7, 11) is 0. The molecule has 1 fully saturated rings. The van der Waals surface area contributed by atoms with Gasteiger partial charge in [0.15, 0.2) is 0 Å². The maximum absolute atomic E-state index is 11.3. The zero-order chi connectivity index (χ0) is 11.7. The molecular formula is C11H11NO4. The smallest absolute Gasteiger partial charge is 0.303 e. The maximum atomic E-state index is 11.3. The second-order valence-corrected chi connectivity index (χ2v) is 3.57. The molecule has 1 aromatic rings. The lowest BCUT2D eigenvalue weighted by molar-refractivity contribution is -0.237. The Kier molecular flexibility index (Phi) is 2.62. The van der Waals surface area contributed by atoms with Crippen molar-refractivity contribution in [2.75, 3.05) is 0 Å². The number of ether oxygens (including phenoxy) is 1. The molecule has 1 amide bonds.